The maximum absolute atomic E-state index is 11.6. The normalized spacial score (nSPS) is 10.0. The lowest BCUT2D eigenvalue weighted by Gasteiger charge is -2.04. The van der Waals surface area contributed by atoms with E-state index in [4.69, 9.17) is 17.0 Å². The van der Waals surface area contributed by atoms with Crippen LogP contribution in [0, 0.1) is 3.95 Å². The predicted octanol–water partition coefficient (Wildman–Crippen LogP) is 3.46. The van der Waals surface area contributed by atoms with Crippen LogP contribution in [0.15, 0.2) is 41.9 Å². The summed E-state index contributed by atoms with van der Waals surface area (Å²) in [5.41, 5.74) is 0.956. The molecular weight excluding hydrogens is 242 g/mol. The van der Waals surface area contributed by atoms with Gasteiger partial charge in [-0.3, -0.25) is 0 Å². The van der Waals surface area contributed by atoms with Gasteiger partial charge in [0.05, 0.1) is 0 Å². The van der Waals surface area contributed by atoms with E-state index in [1.54, 1.807) is 11.6 Å². The van der Waals surface area contributed by atoms with Crippen molar-refractivity contribution in [3.05, 3.63) is 51.4 Å². The van der Waals surface area contributed by atoms with Crippen LogP contribution in [0.4, 0.5) is 4.79 Å². The molecular formula is C11H9NO2S2. The molecule has 0 aliphatic rings. The Balaban J connectivity index is 2.00. The van der Waals surface area contributed by atoms with Gasteiger partial charge < -0.3 is 4.74 Å². The molecule has 1 aromatic carbocycles. The molecule has 0 aliphatic heterocycles. The van der Waals surface area contributed by atoms with Crippen molar-refractivity contribution in [3.63, 3.8) is 0 Å². The number of rotatable bonds is 2. The molecule has 0 saturated heterocycles. The van der Waals surface area contributed by atoms with Gasteiger partial charge in [0.15, 0.2) is 3.95 Å². The fourth-order valence-corrected chi connectivity index (χ4v) is 2.04. The number of carbonyl (C=O) groups is 1. The highest BCUT2D eigenvalue weighted by Crippen LogP contribution is 2.06. The molecule has 0 fully saturated rings. The minimum absolute atomic E-state index is 0.261. The minimum atomic E-state index is -0.435. The highest BCUT2D eigenvalue weighted by molar-refractivity contribution is 7.73. The average molecular weight is 251 g/mol. The standard InChI is InChI=1S/C11H9NO2S2/c13-10(12-6-7-16-11(12)15)14-8-9-4-2-1-3-5-9/h1-7H,8H2. The second kappa shape index (κ2) is 5.05. The average Bonchev–Trinajstić information content (AvgIpc) is 2.74. The highest BCUT2D eigenvalue weighted by Gasteiger charge is 2.06. The fourth-order valence-electron chi connectivity index (χ4n) is 1.19. The zero-order valence-electron chi connectivity index (χ0n) is 8.33. The molecule has 5 heteroatoms. The van der Waals surface area contributed by atoms with Crippen LogP contribution in [0.1, 0.15) is 5.56 Å². The lowest BCUT2D eigenvalue weighted by atomic mass is 10.2. The summed E-state index contributed by atoms with van der Waals surface area (Å²) >= 11 is 6.30. The van der Waals surface area contributed by atoms with Gasteiger partial charge in [0.25, 0.3) is 0 Å². The van der Waals surface area contributed by atoms with Crippen LogP contribution in [-0.4, -0.2) is 10.7 Å². The van der Waals surface area contributed by atoms with E-state index < -0.39 is 6.09 Å². The Bertz CT molecular complexity index is 530. The Morgan fingerprint density at radius 3 is 2.75 bits per heavy atom. The monoisotopic (exact) mass is 251 g/mol. The first-order chi connectivity index (χ1) is 7.77. The fraction of sp³-hybridized carbons (Fsp3) is 0.0909. The Kier molecular flexibility index (Phi) is 3.48. The van der Waals surface area contributed by atoms with Crippen LogP contribution in [-0.2, 0) is 11.3 Å². The SMILES string of the molecule is O=C(OCc1ccccc1)n1ccsc1=S. The van der Waals surface area contributed by atoms with Crippen LogP contribution in [0.25, 0.3) is 0 Å². The molecule has 0 atom stereocenters. The van der Waals surface area contributed by atoms with E-state index in [1.165, 1.54) is 15.9 Å². The van der Waals surface area contributed by atoms with Crippen molar-refractivity contribution < 1.29 is 9.53 Å². The van der Waals surface area contributed by atoms with Crippen molar-refractivity contribution in [2.24, 2.45) is 0 Å². The molecule has 0 unspecified atom stereocenters. The summed E-state index contributed by atoms with van der Waals surface area (Å²) in [6.07, 6.45) is 1.18. The third-order valence-electron chi connectivity index (χ3n) is 1.98. The first-order valence-electron chi connectivity index (χ1n) is 4.64. The van der Waals surface area contributed by atoms with Crippen LogP contribution < -0.4 is 0 Å². The molecule has 0 aliphatic carbocycles. The van der Waals surface area contributed by atoms with Crippen LogP contribution >= 0.6 is 23.6 Å². The molecule has 0 spiro atoms. The van der Waals surface area contributed by atoms with E-state index in [2.05, 4.69) is 0 Å². The van der Waals surface area contributed by atoms with Crippen LogP contribution in [0.5, 0.6) is 0 Å². The molecule has 0 radical (unpaired) electrons. The second-order valence-corrected chi connectivity index (χ2v) is 4.62. The van der Waals surface area contributed by atoms with Gasteiger partial charge in [-0.05, 0) is 17.8 Å². The summed E-state index contributed by atoms with van der Waals surface area (Å²) in [4.78, 5) is 11.6. The third-order valence-corrected chi connectivity index (χ3v) is 3.12. The third kappa shape index (κ3) is 2.56. The maximum atomic E-state index is 11.6. The van der Waals surface area contributed by atoms with E-state index in [0.717, 1.165) is 5.56 Å². The van der Waals surface area contributed by atoms with Crippen molar-refractivity contribution in [2.45, 2.75) is 6.61 Å². The first-order valence-corrected chi connectivity index (χ1v) is 5.93. The zero-order chi connectivity index (χ0) is 11.4. The van der Waals surface area contributed by atoms with Crippen molar-refractivity contribution in [1.82, 2.24) is 4.57 Å². The Labute approximate surface area is 102 Å². The van der Waals surface area contributed by atoms with Gasteiger partial charge in [-0.25, -0.2) is 9.36 Å². The van der Waals surface area contributed by atoms with Gasteiger partial charge in [-0.15, -0.1) is 11.3 Å². The number of benzene rings is 1. The lowest BCUT2D eigenvalue weighted by molar-refractivity contribution is 0.141. The molecule has 2 aromatic rings. The van der Waals surface area contributed by atoms with Crippen molar-refractivity contribution in [2.75, 3.05) is 0 Å². The second-order valence-electron chi connectivity index (χ2n) is 3.08. The van der Waals surface area contributed by atoms with E-state index in [-0.39, 0.29) is 6.61 Å². The van der Waals surface area contributed by atoms with Gasteiger partial charge in [-0.1, -0.05) is 30.3 Å². The quantitative estimate of drug-likeness (QED) is 0.766. The molecule has 1 aromatic heterocycles. The summed E-state index contributed by atoms with van der Waals surface area (Å²) in [5, 5.41) is 1.76. The van der Waals surface area contributed by atoms with Gasteiger partial charge >= 0.3 is 6.09 Å². The van der Waals surface area contributed by atoms with E-state index >= 15 is 0 Å². The van der Waals surface area contributed by atoms with Crippen molar-refractivity contribution >= 4 is 29.6 Å². The Morgan fingerprint density at radius 2 is 2.12 bits per heavy atom. The predicted molar refractivity (Wildman–Crippen MR) is 65.2 cm³/mol. The summed E-state index contributed by atoms with van der Waals surface area (Å²) in [5.74, 6) is 0. The number of nitrogens with zero attached hydrogens (tertiary/aromatic N) is 1. The van der Waals surface area contributed by atoms with Crippen LogP contribution in [0.2, 0.25) is 0 Å². The molecule has 16 heavy (non-hydrogen) atoms. The number of thiazole rings is 1. The topological polar surface area (TPSA) is 31.2 Å². The molecule has 0 bridgehead atoms. The molecule has 0 N–H and O–H groups in total. The van der Waals surface area contributed by atoms with Gasteiger partial charge in [0, 0.05) is 11.6 Å². The number of aromatic nitrogens is 1. The highest BCUT2D eigenvalue weighted by atomic mass is 32.1. The summed E-state index contributed by atoms with van der Waals surface area (Å²) in [7, 11) is 0. The van der Waals surface area contributed by atoms with Gasteiger partial charge in [0.2, 0.25) is 0 Å². The van der Waals surface area contributed by atoms with E-state index in [9.17, 15) is 4.79 Å². The minimum Gasteiger partial charge on any atom is -0.444 e. The van der Waals surface area contributed by atoms with Gasteiger partial charge in [0.1, 0.15) is 6.61 Å². The number of hydrogen-bond acceptors (Lipinski definition) is 4. The molecule has 2 rings (SSSR count). The summed E-state index contributed by atoms with van der Waals surface area (Å²) in [6.45, 7) is 0.261. The Hall–Kier alpha value is -1.46. The largest absolute Gasteiger partial charge is 0.444 e. The molecule has 0 saturated carbocycles. The molecule has 1 heterocycles. The lowest BCUT2D eigenvalue weighted by Crippen LogP contribution is -2.12. The van der Waals surface area contributed by atoms with E-state index in [0.29, 0.717) is 3.95 Å². The summed E-state index contributed by atoms with van der Waals surface area (Å²) < 4.78 is 6.94. The molecule has 82 valence electrons. The smallest absolute Gasteiger partial charge is 0.420 e. The Morgan fingerprint density at radius 1 is 1.38 bits per heavy atom. The maximum Gasteiger partial charge on any atom is 0.420 e. The number of ether oxygens (including phenoxy) is 1. The number of hydrogen-bond donors (Lipinski definition) is 0. The number of carbonyl (C=O) groups excluding carboxylic acids is 1. The molecule has 0 amide bonds. The van der Waals surface area contributed by atoms with Crippen molar-refractivity contribution in [1.29, 1.82) is 0 Å². The zero-order valence-corrected chi connectivity index (χ0v) is 9.96. The molecule has 3 nitrogen and oxygen atoms in total. The van der Waals surface area contributed by atoms with Crippen molar-refractivity contribution in [3.8, 4) is 0 Å². The summed E-state index contributed by atoms with van der Waals surface area (Å²) in [6, 6.07) is 9.53. The van der Waals surface area contributed by atoms with Crippen LogP contribution in [0.3, 0.4) is 0 Å². The van der Waals surface area contributed by atoms with E-state index in [1.807, 2.05) is 30.3 Å². The van der Waals surface area contributed by atoms with Gasteiger partial charge in [-0.2, -0.15) is 0 Å². The first kappa shape index (κ1) is 11.0.